The second kappa shape index (κ2) is 19.2. The molecule has 4 heteroatoms. The van der Waals surface area contributed by atoms with E-state index in [4.69, 9.17) is 4.74 Å². The summed E-state index contributed by atoms with van der Waals surface area (Å²) < 4.78 is 5.74. The van der Waals surface area contributed by atoms with E-state index in [1.807, 2.05) is 24.1 Å². The molecule has 4 nitrogen and oxygen atoms in total. The van der Waals surface area contributed by atoms with Crippen LogP contribution in [0.25, 0.3) is 0 Å². The minimum atomic E-state index is -0.820. The molecule has 1 N–H and O–H groups in total. The van der Waals surface area contributed by atoms with Gasteiger partial charge in [-0.2, -0.15) is 0 Å². The molecule has 1 rings (SSSR count). The SMILES string of the molecule is CCCCCCCC/C=C\CCCCCCCCOCN1C=CC(CC)=C(C(=O)O)C1. The highest BCUT2D eigenvalue weighted by atomic mass is 16.5. The summed E-state index contributed by atoms with van der Waals surface area (Å²) in [6.07, 6.45) is 27.7. The first kappa shape index (κ1) is 27.5. The number of unbranched alkanes of at least 4 members (excludes halogenated alkanes) is 12. The number of allylic oxidation sites excluding steroid dienone is 4. The Morgan fingerprint density at radius 3 is 2.10 bits per heavy atom. The number of hydrogen-bond donors (Lipinski definition) is 1. The third kappa shape index (κ3) is 14.2. The van der Waals surface area contributed by atoms with Crippen LogP contribution in [0.4, 0.5) is 0 Å². The Bertz CT molecular complexity index is 551. The number of hydrogen-bond acceptors (Lipinski definition) is 3. The van der Waals surface area contributed by atoms with Gasteiger partial charge in [0.15, 0.2) is 0 Å². The molecule has 31 heavy (non-hydrogen) atoms. The zero-order valence-electron chi connectivity index (χ0n) is 20.2. The fourth-order valence-electron chi connectivity index (χ4n) is 3.91. The van der Waals surface area contributed by atoms with Crippen molar-refractivity contribution in [3.63, 3.8) is 0 Å². The molecule has 0 aromatic heterocycles. The Morgan fingerprint density at radius 1 is 0.935 bits per heavy atom. The molecule has 0 unspecified atom stereocenters. The molecule has 0 saturated carbocycles. The van der Waals surface area contributed by atoms with Crippen molar-refractivity contribution >= 4 is 5.97 Å². The summed E-state index contributed by atoms with van der Waals surface area (Å²) in [6, 6.07) is 0. The summed E-state index contributed by atoms with van der Waals surface area (Å²) in [6.45, 7) is 5.91. The van der Waals surface area contributed by atoms with Crippen LogP contribution < -0.4 is 0 Å². The lowest BCUT2D eigenvalue weighted by molar-refractivity contribution is -0.133. The first-order valence-corrected chi connectivity index (χ1v) is 12.8. The molecule has 1 aliphatic rings. The van der Waals surface area contributed by atoms with Gasteiger partial charge in [0.1, 0.15) is 6.73 Å². The fraction of sp³-hybridized carbons (Fsp3) is 0.741. The zero-order valence-corrected chi connectivity index (χ0v) is 20.2. The number of aliphatic carboxylic acids is 1. The third-order valence-electron chi connectivity index (χ3n) is 5.93. The molecular weight excluding hydrogens is 386 g/mol. The van der Waals surface area contributed by atoms with E-state index in [1.54, 1.807) is 0 Å². The smallest absolute Gasteiger partial charge is 0.333 e. The van der Waals surface area contributed by atoms with Crippen molar-refractivity contribution in [3.05, 3.63) is 35.6 Å². The molecule has 0 aliphatic carbocycles. The molecule has 178 valence electrons. The van der Waals surface area contributed by atoms with E-state index in [1.165, 1.54) is 83.5 Å². The highest BCUT2D eigenvalue weighted by Gasteiger charge is 2.18. The topological polar surface area (TPSA) is 49.8 Å². The van der Waals surface area contributed by atoms with Crippen LogP contribution in [0, 0.1) is 0 Å². The van der Waals surface area contributed by atoms with Crippen LogP contribution in [0.3, 0.4) is 0 Å². The highest BCUT2D eigenvalue weighted by Crippen LogP contribution is 2.18. The van der Waals surface area contributed by atoms with Crippen molar-refractivity contribution in [2.75, 3.05) is 19.9 Å². The lowest BCUT2D eigenvalue weighted by atomic mass is 10.0. The van der Waals surface area contributed by atoms with Gasteiger partial charge in [-0.05, 0) is 50.2 Å². The van der Waals surface area contributed by atoms with Crippen molar-refractivity contribution in [2.45, 2.75) is 110 Å². The van der Waals surface area contributed by atoms with E-state index >= 15 is 0 Å². The molecule has 0 fully saturated rings. The van der Waals surface area contributed by atoms with E-state index in [0.29, 0.717) is 18.8 Å². The quantitative estimate of drug-likeness (QED) is 0.158. The first-order chi connectivity index (χ1) is 15.2. The normalized spacial score (nSPS) is 14.2. The molecule has 0 saturated heterocycles. The molecule has 1 heterocycles. The Balaban J connectivity index is 1.87. The Hall–Kier alpha value is -1.55. The van der Waals surface area contributed by atoms with Gasteiger partial charge in [0, 0.05) is 12.8 Å². The van der Waals surface area contributed by atoms with Crippen LogP contribution >= 0.6 is 0 Å². The average molecular weight is 434 g/mol. The predicted molar refractivity (Wildman–Crippen MR) is 131 cm³/mol. The minimum Gasteiger partial charge on any atom is -0.478 e. The number of carbonyl (C=O) groups is 1. The number of carboxylic acid groups (broad SMARTS) is 1. The summed E-state index contributed by atoms with van der Waals surface area (Å²) in [7, 11) is 0. The van der Waals surface area contributed by atoms with Crippen LogP contribution in [-0.2, 0) is 9.53 Å². The Labute approximate surface area is 191 Å². The van der Waals surface area contributed by atoms with Gasteiger partial charge in [-0.3, -0.25) is 0 Å². The Morgan fingerprint density at radius 2 is 1.52 bits per heavy atom. The van der Waals surface area contributed by atoms with Crippen LogP contribution in [0.15, 0.2) is 35.6 Å². The van der Waals surface area contributed by atoms with Crippen LogP contribution in [-0.4, -0.2) is 35.9 Å². The molecule has 0 amide bonds. The second-order valence-electron chi connectivity index (χ2n) is 8.70. The van der Waals surface area contributed by atoms with E-state index in [0.717, 1.165) is 25.0 Å². The second-order valence-corrected chi connectivity index (χ2v) is 8.70. The summed E-state index contributed by atoms with van der Waals surface area (Å²) in [5, 5.41) is 9.32. The summed E-state index contributed by atoms with van der Waals surface area (Å²) in [5.74, 6) is -0.820. The van der Waals surface area contributed by atoms with Gasteiger partial charge in [0.25, 0.3) is 0 Å². The van der Waals surface area contributed by atoms with Gasteiger partial charge in [-0.25, -0.2) is 4.79 Å². The molecule has 0 bridgehead atoms. The van der Waals surface area contributed by atoms with Crippen LogP contribution in [0.5, 0.6) is 0 Å². The van der Waals surface area contributed by atoms with Crippen LogP contribution in [0.1, 0.15) is 110 Å². The van der Waals surface area contributed by atoms with E-state index in [2.05, 4.69) is 19.1 Å². The average Bonchev–Trinajstić information content (AvgIpc) is 2.78. The summed E-state index contributed by atoms with van der Waals surface area (Å²) in [4.78, 5) is 13.3. The molecule has 0 radical (unpaired) electrons. The van der Waals surface area contributed by atoms with E-state index < -0.39 is 5.97 Å². The lowest BCUT2D eigenvalue weighted by Crippen LogP contribution is -2.29. The number of carboxylic acids is 1. The summed E-state index contributed by atoms with van der Waals surface area (Å²) in [5.41, 5.74) is 1.41. The van der Waals surface area contributed by atoms with E-state index in [9.17, 15) is 9.90 Å². The van der Waals surface area contributed by atoms with Crippen molar-refractivity contribution in [1.29, 1.82) is 0 Å². The molecular formula is C27H47NO3. The van der Waals surface area contributed by atoms with Gasteiger partial charge in [0.2, 0.25) is 0 Å². The van der Waals surface area contributed by atoms with Gasteiger partial charge in [-0.15, -0.1) is 0 Å². The monoisotopic (exact) mass is 433 g/mol. The summed E-state index contributed by atoms with van der Waals surface area (Å²) >= 11 is 0. The maximum absolute atomic E-state index is 11.3. The highest BCUT2D eigenvalue weighted by molar-refractivity contribution is 5.89. The molecule has 0 aromatic rings. The maximum atomic E-state index is 11.3. The molecule has 0 aromatic carbocycles. The van der Waals surface area contributed by atoms with Gasteiger partial charge >= 0.3 is 5.97 Å². The van der Waals surface area contributed by atoms with Crippen molar-refractivity contribution in [1.82, 2.24) is 4.90 Å². The van der Waals surface area contributed by atoms with Gasteiger partial charge in [-0.1, -0.05) is 83.8 Å². The van der Waals surface area contributed by atoms with Gasteiger partial charge in [0.05, 0.1) is 12.1 Å². The largest absolute Gasteiger partial charge is 0.478 e. The fourth-order valence-corrected chi connectivity index (χ4v) is 3.91. The predicted octanol–water partition coefficient (Wildman–Crippen LogP) is 7.62. The van der Waals surface area contributed by atoms with Gasteiger partial charge < -0.3 is 14.7 Å². The number of rotatable bonds is 20. The third-order valence-corrected chi connectivity index (χ3v) is 5.93. The van der Waals surface area contributed by atoms with Crippen molar-refractivity contribution in [3.8, 4) is 0 Å². The van der Waals surface area contributed by atoms with Crippen molar-refractivity contribution < 1.29 is 14.6 Å². The number of nitrogens with zero attached hydrogens (tertiary/aromatic N) is 1. The standard InChI is InChI=1S/C27H47NO3/c1-3-5-6-7-8-9-10-11-12-13-14-15-16-17-18-19-22-31-24-28-21-20-25(4-2)26(23-28)27(29)30/h11-12,20-21H,3-10,13-19,22-24H2,1-2H3,(H,29,30)/b12-11-. The maximum Gasteiger partial charge on any atom is 0.333 e. The zero-order chi connectivity index (χ0) is 22.6. The Kier molecular flexibility index (Phi) is 17.0. The number of ether oxygens (including phenoxy) is 1. The van der Waals surface area contributed by atoms with Crippen LogP contribution in [0.2, 0.25) is 0 Å². The lowest BCUT2D eigenvalue weighted by Gasteiger charge is -2.25. The van der Waals surface area contributed by atoms with Crippen molar-refractivity contribution in [2.24, 2.45) is 0 Å². The first-order valence-electron chi connectivity index (χ1n) is 12.8. The molecule has 1 aliphatic heterocycles. The minimum absolute atomic E-state index is 0.433. The molecule has 0 atom stereocenters. The molecule has 0 spiro atoms. The van der Waals surface area contributed by atoms with E-state index in [-0.39, 0.29) is 0 Å².